The van der Waals surface area contributed by atoms with Crippen LogP contribution in [0.2, 0.25) is 0 Å². The molecule has 0 saturated carbocycles. The molecule has 1 saturated heterocycles. The summed E-state index contributed by atoms with van der Waals surface area (Å²) in [7, 11) is -0.481. The average Bonchev–Trinajstić information content (AvgIpc) is 2.74. The number of hydrogen-bond acceptors (Lipinski definition) is 5. The van der Waals surface area contributed by atoms with Gasteiger partial charge in [-0.1, -0.05) is 18.2 Å². The smallest absolute Gasteiger partial charge is 0.480 e. The number of nitrogens with one attached hydrogen (secondary N) is 1. The minimum absolute atomic E-state index is 0.236. The Labute approximate surface area is 161 Å². The first-order chi connectivity index (χ1) is 11.9. The van der Waals surface area contributed by atoms with E-state index in [-0.39, 0.29) is 10.7 Å². The summed E-state index contributed by atoms with van der Waals surface area (Å²) in [5, 5.41) is 0. The van der Waals surface area contributed by atoms with Gasteiger partial charge in [-0.2, -0.15) is 0 Å². The third kappa shape index (κ3) is 5.39. The predicted molar refractivity (Wildman–Crippen MR) is 107 cm³/mol. The molecule has 1 aliphatic rings. The molecule has 0 spiro atoms. The van der Waals surface area contributed by atoms with Crippen molar-refractivity contribution in [2.24, 2.45) is 0 Å². The van der Waals surface area contributed by atoms with Gasteiger partial charge in [0.25, 0.3) is 0 Å². The molecule has 1 heterocycles. The molecule has 5 nitrogen and oxygen atoms in total. The van der Waals surface area contributed by atoms with Gasteiger partial charge in [0.05, 0.1) is 23.8 Å². The minimum Gasteiger partial charge on any atom is -0.598 e. The van der Waals surface area contributed by atoms with Gasteiger partial charge >= 0.3 is 7.12 Å². The monoisotopic (exact) mass is 381 g/mol. The highest BCUT2D eigenvalue weighted by Gasteiger charge is 2.55. The van der Waals surface area contributed by atoms with Crippen molar-refractivity contribution >= 4 is 18.5 Å². The molecule has 1 aliphatic heterocycles. The van der Waals surface area contributed by atoms with Gasteiger partial charge < -0.3 is 18.6 Å². The van der Waals surface area contributed by atoms with Crippen molar-refractivity contribution in [3.05, 3.63) is 30.3 Å². The van der Waals surface area contributed by atoms with E-state index < -0.39 is 29.7 Å². The number of rotatable bonds is 7. The third-order valence-electron chi connectivity index (χ3n) is 4.86. The summed E-state index contributed by atoms with van der Waals surface area (Å²) in [6, 6.07) is 9.67. The van der Waals surface area contributed by atoms with Crippen molar-refractivity contribution in [2.75, 3.05) is 6.61 Å². The Morgan fingerprint density at radius 1 is 1.12 bits per heavy atom. The molecule has 0 bridgehead atoms. The maximum absolute atomic E-state index is 12.6. The van der Waals surface area contributed by atoms with Gasteiger partial charge in [-0.25, -0.2) is 0 Å². The molecule has 1 aromatic rings. The van der Waals surface area contributed by atoms with Crippen LogP contribution in [0.4, 0.5) is 0 Å². The van der Waals surface area contributed by atoms with Crippen LogP contribution >= 0.6 is 0 Å². The maximum atomic E-state index is 12.6. The summed E-state index contributed by atoms with van der Waals surface area (Å²) in [4.78, 5) is 0. The van der Waals surface area contributed by atoms with Crippen molar-refractivity contribution in [1.82, 2.24) is 4.72 Å². The van der Waals surface area contributed by atoms with Crippen LogP contribution < -0.4 is 9.46 Å². The van der Waals surface area contributed by atoms with Crippen molar-refractivity contribution in [1.29, 1.82) is 0 Å². The van der Waals surface area contributed by atoms with Gasteiger partial charge in [0.15, 0.2) is 0 Å². The number of para-hydroxylation sites is 1. The summed E-state index contributed by atoms with van der Waals surface area (Å²) in [6.07, 6.45) is 0.619. The molecule has 0 radical (unpaired) electrons. The zero-order chi connectivity index (χ0) is 19.6. The zero-order valence-corrected chi connectivity index (χ0v) is 17.8. The molecule has 7 heteroatoms. The Hall–Kier alpha value is -0.725. The second-order valence-corrected chi connectivity index (χ2v) is 10.7. The molecule has 0 aromatic heterocycles. The SMILES string of the molecule is CC(C)(C)[S+]([O-])NC(CCOc1ccccc1)B1OC(C)(C)C(C)(C)O1. The second kappa shape index (κ2) is 8.11. The van der Waals surface area contributed by atoms with Crippen LogP contribution in [-0.4, -0.2) is 40.2 Å². The quantitative estimate of drug-likeness (QED) is 0.579. The first kappa shape index (κ1) is 21.6. The van der Waals surface area contributed by atoms with E-state index in [1.54, 1.807) is 0 Å². The van der Waals surface area contributed by atoms with E-state index in [0.717, 1.165) is 5.75 Å². The molecular weight excluding hydrogens is 349 g/mol. The minimum atomic E-state index is -1.23. The van der Waals surface area contributed by atoms with Crippen LogP contribution in [0.5, 0.6) is 5.75 Å². The van der Waals surface area contributed by atoms with Gasteiger partial charge in [-0.05, 0) is 67.0 Å². The predicted octanol–water partition coefficient (Wildman–Crippen LogP) is 3.51. The lowest BCUT2D eigenvalue weighted by Gasteiger charge is -2.32. The summed E-state index contributed by atoms with van der Waals surface area (Å²) >= 11 is -1.23. The average molecular weight is 381 g/mol. The Morgan fingerprint density at radius 2 is 1.65 bits per heavy atom. The lowest BCUT2D eigenvalue weighted by molar-refractivity contribution is 0.00578. The van der Waals surface area contributed by atoms with Crippen LogP contribution in [-0.2, 0) is 20.7 Å². The molecule has 26 heavy (non-hydrogen) atoms. The second-order valence-electron chi connectivity index (χ2n) is 8.68. The van der Waals surface area contributed by atoms with E-state index in [9.17, 15) is 4.55 Å². The molecule has 146 valence electrons. The molecular formula is C19H32BNO4S. The van der Waals surface area contributed by atoms with Gasteiger partial charge in [-0.3, -0.25) is 0 Å². The van der Waals surface area contributed by atoms with E-state index in [1.165, 1.54) is 0 Å². The summed E-state index contributed by atoms with van der Waals surface area (Å²) < 4.78 is 33.6. The van der Waals surface area contributed by atoms with Crippen LogP contribution in [0.15, 0.2) is 30.3 Å². The molecule has 2 rings (SSSR count). The molecule has 0 amide bonds. The highest BCUT2D eigenvalue weighted by molar-refractivity contribution is 7.90. The largest absolute Gasteiger partial charge is 0.598 e. The van der Waals surface area contributed by atoms with Crippen LogP contribution in [0, 0.1) is 0 Å². The number of benzene rings is 1. The van der Waals surface area contributed by atoms with Gasteiger partial charge in [0.1, 0.15) is 10.5 Å². The normalized spacial score (nSPS) is 21.5. The Balaban J connectivity index is 2.04. The standard InChI is InChI=1S/C19H32BNO4S/c1-17(2,3)26(22)21-16(13-14-23-15-11-9-8-10-12-15)20-24-18(4,5)19(6,7)25-20/h8-12,16,21H,13-14H2,1-7H3. The fourth-order valence-electron chi connectivity index (χ4n) is 2.44. The summed E-state index contributed by atoms with van der Waals surface area (Å²) in [6.45, 7) is 14.4. The van der Waals surface area contributed by atoms with Crippen molar-refractivity contribution < 1.29 is 18.6 Å². The maximum Gasteiger partial charge on any atom is 0.480 e. The van der Waals surface area contributed by atoms with E-state index >= 15 is 0 Å². The molecule has 1 aromatic carbocycles. The molecule has 1 fully saturated rings. The van der Waals surface area contributed by atoms with Crippen LogP contribution in [0.1, 0.15) is 54.9 Å². The first-order valence-electron chi connectivity index (χ1n) is 9.14. The Kier molecular flexibility index (Phi) is 6.73. The Bertz CT molecular complexity index is 561. The lowest BCUT2D eigenvalue weighted by atomic mass is 9.77. The number of ether oxygens (including phenoxy) is 1. The molecule has 2 atom stereocenters. The Morgan fingerprint density at radius 3 is 2.15 bits per heavy atom. The zero-order valence-electron chi connectivity index (χ0n) is 17.0. The van der Waals surface area contributed by atoms with Crippen molar-refractivity contribution in [3.63, 3.8) is 0 Å². The third-order valence-corrected chi connectivity index (χ3v) is 6.48. The highest BCUT2D eigenvalue weighted by Crippen LogP contribution is 2.38. The fourth-order valence-corrected chi connectivity index (χ4v) is 3.30. The summed E-state index contributed by atoms with van der Waals surface area (Å²) in [5.41, 5.74) is -0.859. The first-order valence-corrected chi connectivity index (χ1v) is 10.3. The van der Waals surface area contributed by atoms with E-state index in [4.69, 9.17) is 14.0 Å². The van der Waals surface area contributed by atoms with Gasteiger partial charge in [0, 0.05) is 11.4 Å². The number of hydrogen-bond donors (Lipinski definition) is 1. The van der Waals surface area contributed by atoms with Gasteiger partial charge in [-0.15, -0.1) is 4.72 Å². The van der Waals surface area contributed by atoms with Crippen LogP contribution in [0.25, 0.3) is 0 Å². The van der Waals surface area contributed by atoms with E-state index in [0.29, 0.717) is 13.0 Å². The lowest BCUT2D eigenvalue weighted by Crippen LogP contribution is -2.52. The van der Waals surface area contributed by atoms with Crippen molar-refractivity contribution in [3.8, 4) is 5.75 Å². The van der Waals surface area contributed by atoms with Crippen molar-refractivity contribution in [2.45, 2.75) is 76.8 Å². The molecule has 2 unspecified atom stereocenters. The van der Waals surface area contributed by atoms with E-state index in [2.05, 4.69) is 4.72 Å². The van der Waals surface area contributed by atoms with Gasteiger partial charge in [0.2, 0.25) is 0 Å². The highest BCUT2D eigenvalue weighted by atomic mass is 32.2. The summed E-state index contributed by atoms with van der Waals surface area (Å²) in [5.74, 6) is 0.580. The molecule has 0 aliphatic carbocycles. The molecule has 1 N–H and O–H groups in total. The fraction of sp³-hybridized carbons (Fsp3) is 0.684. The van der Waals surface area contributed by atoms with Crippen LogP contribution in [0.3, 0.4) is 0 Å². The van der Waals surface area contributed by atoms with E-state index in [1.807, 2.05) is 78.8 Å². The topological polar surface area (TPSA) is 62.8 Å².